The number of hydrogen-bond donors (Lipinski definition) is 18. The lowest BCUT2D eigenvalue weighted by atomic mass is 9.99. The quantitative estimate of drug-likeness (QED) is 0.0298. The number of phenolic OH excluding ortho intramolecular Hbond substituents is 1. The number of esters is 1. The van der Waals surface area contributed by atoms with Crippen molar-refractivity contribution in [2.24, 2.45) is 23.5 Å². The first kappa shape index (κ1) is 87.6. The highest BCUT2D eigenvalue weighted by atomic mass is 16.5. The van der Waals surface area contributed by atoms with Crippen molar-refractivity contribution < 1.29 is 86.9 Å². The molecule has 19 N–H and O–H groups in total. The molecule has 2 aliphatic rings. The molecule has 0 radical (unpaired) electrons. The van der Waals surface area contributed by atoms with Crippen molar-refractivity contribution in [1.29, 1.82) is 0 Å². The minimum Gasteiger partial charge on any atom is -0.508 e. The number of nitrogens with one attached hydrogen (secondary N) is 15. The van der Waals surface area contributed by atoms with Gasteiger partial charge < -0.3 is 104 Å². The largest absolute Gasteiger partial charge is 0.508 e. The Bertz CT molecular complexity index is 4100. The van der Waals surface area contributed by atoms with Gasteiger partial charge in [-0.25, -0.2) is 14.6 Å². The Kier molecular flexibility index (Phi) is 34.2. The molecule has 5 heterocycles. The van der Waals surface area contributed by atoms with Gasteiger partial charge in [0.05, 0.1) is 45.3 Å². The number of nitrogens with two attached hydrogens (primary N) is 1. The van der Waals surface area contributed by atoms with Crippen LogP contribution in [-0.2, 0) is 91.1 Å². The van der Waals surface area contributed by atoms with Gasteiger partial charge in [0.25, 0.3) is 0 Å². The zero-order valence-electron chi connectivity index (χ0n) is 64.1. The van der Waals surface area contributed by atoms with E-state index in [1.807, 2.05) is 0 Å². The summed E-state index contributed by atoms with van der Waals surface area (Å²) < 4.78 is 5.86. The number of phenols is 1. The molecular formula is C76H108N18O18. The average molecular weight is 1560 g/mol. The molecule has 5 aromatic rings. The Morgan fingerprint density at radius 1 is 0.580 bits per heavy atom. The highest BCUT2D eigenvalue weighted by molar-refractivity contribution is 6.00. The third-order valence-corrected chi connectivity index (χ3v) is 19.7. The van der Waals surface area contributed by atoms with Crippen LogP contribution in [0.1, 0.15) is 155 Å². The highest BCUT2D eigenvalue weighted by Gasteiger charge is 2.41. The fraction of sp³-hybridized carbons (Fsp3) is 0.553. The number of fused-ring (bicyclic) bond motifs is 3. The number of rotatable bonds is 24. The predicted octanol–water partition coefficient (Wildman–Crippen LogP) is 0.673. The van der Waals surface area contributed by atoms with Gasteiger partial charge in [-0.2, -0.15) is 0 Å². The number of carboxylic acid groups (broad SMARTS) is 1. The van der Waals surface area contributed by atoms with E-state index in [1.165, 1.54) is 35.8 Å². The van der Waals surface area contributed by atoms with Gasteiger partial charge in [-0.1, -0.05) is 105 Å². The number of nitrogens with zero attached hydrogens (tertiary/aromatic N) is 2. The maximum atomic E-state index is 14.6. The minimum atomic E-state index is -1.88. The number of imidazole rings is 1. The van der Waals surface area contributed by atoms with Gasteiger partial charge in [-0.05, 0) is 91.7 Å². The molecule has 0 spiro atoms. The van der Waals surface area contributed by atoms with Crippen molar-refractivity contribution in [1.82, 2.24) is 88.6 Å². The molecule has 14 amide bonds. The van der Waals surface area contributed by atoms with E-state index in [4.69, 9.17) is 10.5 Å². The second-order valence-electron chi connectivity index (χ2n) is 29.2. The van der Waals surface area contributed by atoms with E-state index in [1.54, 1.807) is 64.2 Å². The van der Waals surface area contributed by atoms with Crippen molar-refractivity contribution >= 4 is 111 Å². The topological polar surface area (TPSA) is 540 Å². The predicted molar refractivity (Wildman–Crippen MR) is 408 cm³/mol. The molecule has 36 nitrogen and oxygen atoms in total. The highest BCUT2D eigenvalue weighted by Crippen LogP contribution is 2.26. The molecule has 2 aromatic carbocycles. The number of H-pyrrole nitrogens is 3. The number of urea groups is 1. The minimum absolute atomic E-state index is 0.0245. The number of cyclic esters (lactones) is 1. The third kappa shape index (κ3) is 27.7. The Morgan fingerprint density at radius 2 is 1.14 bits per heavy atom. The summed E-state index contributed by atoms with van der Waals surface area (Å²) >= 11 is 0. The summed E-state index contributed by atoms with van der Waals surface area (Å²) in [6.07, 6.45) is 9.87. The number of carbonyl (C=O) groups is 15. The number of hydrogen-bond acceptors (Lipinski definition) is 18. The maximum absolute atomic E-state index is 14.6. The number of aromatic amines is 3. The van der Waals surface area contributed by atoms with Gasteiger partial charge in [0.1, 0.15) is 60.2 Å². The van der Waals surface area contributed by atoms with E-state index in [0.717, 1.165) is 38.5 Å². The third-order valence-electron chi connectivity index (χ3n) is 19.7. The van der Waals surface area contributed by atoms with Crippen LogP contribution in [0.3, 0.4) is 0 Å². The van der Waals surface area contributed by atoms with Crippen LogP contribution < -0.4 is 69.5 Å². The Morgan fingerprint density at radius 3 is 1.77 bits per heavy atom. The summed E-state index contributed by atoms with van der Waals surface area (Å²) in [6.45, 7) is 7.61. The lowest BCUT2D eigenvalue weighted by Gasteiger charge is -2.31. The summed E-state index contributed by atoms with van der Waals surface area (Å²) in [5.74, 6) is -14.3. The molecule has 2 aliphatic heterocycles. The number of primary amides is 1. The van der Waals surface area contributed by atoms with Gasteiger partial charge in [0.15, 0.2) is 0 Å². The summed E-state index contributed by atoms with van der Waals surface area (Å²) in [5, 5.41) is 52.2. The number of benzene rings is 2. The summed E-state index contributed by atoms with van der Waals surface area (Å²) in [6, 6.07) is -1.15. The fourth-order valence-electron chi connectivity index (χ4n) is 13.3. The van der Waals surface area contributed by atoms with Crippen LogP contribution >= 0.6 is 0 Å². The first-order valence-electron chi connectivity index (χ1n) is 38.2. The number of aromatic nitrogens is 4. The number of amides is 14. The molecular weight excluding hydrogens is 1450 g/mol. The summed E-state index contributed by atoms with van der Waals surface area (Å²) in [7, 11) is 0. The Hall–Kier alpha value is -11.6. The normalized spacial score (nSPS) is 22.5. The average Bonchev–Trinajstić information content (AvgIpc) is 1.66. The lowest BCUT2D eigenvalue weighted by Crippen LogP contribution is -2.59. The van der Waals surface area contributed by atoms with Crippen LogP contribution in [0.5, 0.6) is 5.75 Å². The van der Waals surface area contributed by atoms with Crippen LogP contribution in [0.15, 0.2) is 67.4 Å². The SMILES string of the molecule is CCC(C)CCCCCCCCC1CC(=O)NCC(=O)NC(Cc2cnc[nH]2)C(=O)NC(C(C)C)C(=O)N2CCCC2C(=O)NCC(=O)NC(CCCNC(N)=O)C(=O)NC(Cc2c[nH]c3ccc(O)cc23)C(=O)NCC(=O)NC(Cc2c[nH]c3ccccc23)C(=O)NCC(=O)NC(C(C)C)C(=O)NC(CC(=O)O)C(=O)O1. The number of carboxylic acids is 1. The van der Waals surface area contributed by atoms with Gasteiger partial charge in [0.2, 0.25) is 70.9 Å². The van der Waals surface area contributed by atoms with Crippen LogP contribution in [0.4, 0.5) is 4.79 Å². The number of carbonyl (C=O) groups excluding carboxylic acids is 14. The van der Waals surface area contributed by atoms with Crippen LogP contribution in [0.2, 0.25) is 0 Å². The number of aromatic hydroxyl groups is 1. The van der Waals surface area contributed by atoms with Gasteiger partial charge >= 0.3 is 18.0 Å². The summed E-state index contributed by atoms with van der Waals surface area (Å²) in [5.41, 5.74) is 7.86. The molecule has 112 heavy (non-hydrogen) atoms. The smallest absolute Gasteiger partial charge is 0.329 e. The van der Waals surface area contributed by atoms with Crippen molar-refractivity contribution in [3.63, 3.8) is 0 Å². The molecule has 0 aliphatic carbocycles. The number of para-hydroxylation sites is 1. The first-order chi connectivity index (χ1) is 53.5. The van der Waals surface area contributed by atoms with Crippen molar-refractivity contribution in [2.45, 2.75) is 212 Å². The molecule has 2 fully saturated rings. The molecule has 0 bridgehead atoms. The van der Waals surface area contributed by atoms with Crippen LogP contribution in [0.25, 0.3) is 21.8 Å². The molecule has 610 valence electrons. The zero-order chi connectivity index (χ0) is 81.6. The maximum Gasteiger partial charge on any atom is 0.329 e. The first-order valence-corrected chi connectivity index (χ1v) is 38.2. The monoisotopic (exact) mass is 1560 g/mol. The molecule has 0 saturated carbocycles. The van der Waals surface area contributed by atoms with E-state index >= 15 is 0 Å². The Balaban J connectivity index is 1.18. The van der Waals surface area contributed by atoms with Crippen LogP contribution in [-0.4, -0.2) is 218 Å². The fourth-order valence-corrected chi connectivity index (χ4v) is 13.3. The Labute approximate surface area is 647 Å². The molecule has 36 heteroatoms. The molecule has 7 rings (SSSR count). The molecule has 2 saturated heterocycles. The van der Waals surface area contributed by atoms with Gasteiger partial charge in [0, 0.05) is 78.4 Å². The van der Waals surface area contributed by atoms with Crippen molar-refractivity contribution in [3.8, 4) is 5.75 Å². The second-order valence-corrected chi connectivity index (χ2v) is 29.2. The number of ether oxygens (including phenoxy) is 1. The van der Waals surface area contributed by atoms with Crippen molar-refractivity contribution in [3.05, 3.63) is 84.2 Å². The number of aliphatic carboxylic acids is 1. The number of unbranched alkanes of at least 4 members (excludes halogenated alkanes) is 5. The molecule has 10 atom stereocenters. The standard InChI is InChI=1S/C76H108N18O18/c1-7-44(6)18-12-10-8-9-11-13-19-49-32-60(96)82-37-61(97)89-57(30-47-36-78-41-86-47)71(106)93-67(43(4)5)74(109)94-27-17-23-59(94)72(107)85-39-62(98)87-54(22-16-26-79-76(77)111)70(105)90-56(29-46-35-81-53-25-24-48(95)31-51(46)53)69(104)83-38-63(99)88-55(28-45-34-80-52-21-15-14-20-50(45)52)68(103)84-40-64(100)92-66(42(2)3)73(108)91-58(33-65(101)102)75(110)112-49/h14-15,20-21,24-25,31,34-36,41-44,49,54-59,66-67,80-81,95H,7-13,16-19,22-23,26-30,32-33,37-40H2,1-6H3,(H,78,86)(H,82,96)(H,83,104)(H,84,103)(H,85,107)(H,87,98)(H,88,99)(H,89,97)(H,90,105)(H,91,108)(H,92,100)(H,93,106)(H,101,102)(H3,77,79,111). The van der Waals surface area contributed by atoms with E-state index in [2.05, 4.69) is 97.6 Å². The molecule has 10 unspecified atom stereocenters. The van der Waals surface area contributed by atoms with E-state index < -0.39 is 194 Å². The van der Waals surface area contributed by atoms with Gasteiger partial charge in [-0.15, -0.1) is 0 Å². The van der Waals surface area contributed by atoms with Crippen molar-refractivity contribution in [2.75, 3.05) is 39.3 Å². The van der Waals surface area contributed by atoms with E-state index in [-0.39, 0.29) is 63.8 Å². The van der Waals surface area contributed by atoms with Gasteiger partial charge in [-0.3, -0.25) is 62.3 Å². The summed E-state index contributed by atoms with van der Waals surface area (Å²) in [4.78, 5) is 223. The van der Waals surface area contributed by atoms with Crippen LogP contribution in [0, 0.1) is 17.8 Å². The van der Waals surface area contributed by atoms with E-state index in [9.17, 15) is 82.1 Å². The second kappa shape index (κ2) is 43.7. The van der Waals surface area contributed by atoms with E-state index in [0.29, 0.717) is 63.8 Å². The zero-order valence-corrected chi connectivity index (χ0v) is 64.1. The lowest BCUT2D eigenvalue weighted by molar-refractivity contribution is -0.157. The molecule has 3 aromatic heterocycles.